The van der Waals surface area contributed by atoms with E-state index in [1.54, 1.807) is 0 Å². The summed E-state index contributed by atoms with van der Waals surface area (Å²) < 4.78 is 5.42. The Kier molecular flexibility index (Phi) is 4.03. The van der Waals surface area contributed by atoms with Gasteiger partial charge in [-0.2, -0.15) is 0 Å². The van der Waals surface area contributed by atoms with Gasteiger partial charge in [0.2, 0.25) is 0 Å². The van der Waals surface area contributed by atoms with Crippen molar-refractivity contribution < 1.29 is 14.3 Å². The maximum absolute atomic E-state index is 12.9. The molecule has 2 aromatic rings. The number of Topliss-reactive ketones (excluding diaryl/α,β-unsaturated/α-hetero) is 1. The Bertz CT molecular complexity index is 762. The van der Waals surface area contributed by atoms with E-state index in [9.17, 15) is 9.59 Å². The number of aryl methyl sites for hydroxylation is 3. The molecule has 3 nitrogen and oxygen atoms in total. The Morgan fingerprint density at radius 1 is 1.04 bits per heavy atom. The molecule has 0 N–H and O–H groups in total. The molecular formula is C20H20O3. The van der Waals surface area contributed by atoms with E-state index in [0.717, 1.165) is 34.2 Å². The third-order valence-corrected chi connectivity index (χ3v) is 4.40. The number of hydrogen-bond acceptors (Lipinski definition) is 3. The summed E-state index contributed by atoms with van der Waals surface area (Å²) in [5.74, 6) is -1.41. The molecule has 1 heterocycles. The van der Waals surface area contributed by atoms with Gasteiger partial charge < -0.3 is 4.74 Å². The molecule has 0 bridgehead atoms. The minimum absolute atomic E-state index is 0.164. The summed E-state index contributed by atoms with van der Waals surface area (Å²) in [6.07, 6.45) is -0.00984. The van der Waals surface area contributed by atoms with Crippen LogP contribution in [0.4, 0.5) is 0 Å². The highest BCUT2D eigenvalue weighted by Crippen LogP contribution is 2.39. The van der Waals surface area contributed by atoms with Crippen LogP contribution in [-0.2, 0) is 20.7 Å². The van der Waals surface area contributed by atoms with Crippen molar-refractivity contribution in [2.75, 3.05) is 0 Å². The zero-order valence-electron chi connectivity index (χ0n) is 13.6. The van der Waals surface area contributed by atoms with Crippen LogP contribution in [0.5, 0.6) is 0 Å². The fraction of sp³-hybridized carbons (Fsp3) is 0.300. The lowest BCUT2D eigenvalue weighted by molar-refractivity contribution is -0.143. The van der Waals surface area contributed by atoms with Gasteiger partial charge in [-0.15, -0.1) is 0 Å². The molecule has 2 unspecified atom stereocenters. The molecule has 0 aliphatic carbocycles. The van der Waals surface area contributed by atoms with Gasteiger partial charge in [0, 0.05) is 5.56 Å². The molecule has 1 aliphatic heterocycles. The van der Waals surface area contributed by atoms with E-state index < -0.39 is 18.0 Å². The van der Waals surface area contributed by atoms with Crippen molar-refractivity contribution in [2.24, 2.45) is 0 Å². The van der Waals surface area contributed by atoms with Gasteiger partial charge >= 0.3 is 5.97 Å². The van der Waals surface area contributed by atoms with E-state index in [2.05, 4.69) is 6.07 Å². The SMILES string of the molecule is CCc1cc(C)cc(C)c1C1C(=O)OC(c2ccccc2)C1=O. The zero-order chi connectivity index (χ0) is 16.6. The van der Waals surface area contributed by atoms with Crippen LogP contribution in [0.1, 0.15) is 46.8 Å². The topological polar surface area (TPSA) is 43.4 Å². The van der Waals surface area contributed by atoms with E-state index in [-0.39, 0.29) is 5.78 Å². The second-order valence-corrected chi connectivity index (χ2v) is 6.07. The molecule has 0 saturated carbocycles. The van der Waals surface area contributed by atoms with Crippen LogP contribution in [0.15, 0.2) is 42.5 Å². The first-order valence-electron chi connectivity index (χ1n) is 7.92. The molecule has 1 fully saturated rings. The largest absolute Gasteiger partial charge is 0.449 e. The van der Waals surface area contributed by atoms with Crippen LogP contribution >= 0.6 is 0 Å². The fourth-order valence-corrected chi connectivity index (χ4v) is 3.40. The Balaban J connectivity index is 2.05. The maximum Gasteiger partial charge on any atom is 0.322 e. The predicted octanol–water partition coefficient (Wildman–Crippen LogP) is 3.82. The minimum Gasteiger partial charge on any atom is -0.449 e. The average Bonchev–Trinajstić information content (AvgIpc) is 2.83. The Morgan fingerprint density at radius 3 is 2.39 bits per heavy atom. The molecule has 1 saturated heterocycles. The van der Waals surface area contributed by atoms with Crippen molar-refractivity contribution in [1.29, 1.82) is 0 Å². The van der Waals surface area contributed by atoms with Crippen LogP contribution in [0.25, 0.3) is 0 Å². The van der Waals surface area contributed by atoms with Crippen molar-refractivity contribution in [1.82, 2.24) is 0 Å². The highest BCUT2D eigenvalue weighted by atomic mass is 16.6. The second kappa shape index (κ2) is 5.99. The van der Waals surface area contributed by atoms with Gasteiger partial charge in [-0.05, 0) is 37.0 Å². The van der Waals surface area contributed by atoms with E-state index in [1.807, 2.05) is 57.2 Å². The highest BCUT2D eigenvalue weighted by Gasteiger charge is 2.46. The molecule has 0 spiro atoms. The number of cyclic esters (lactones) is 1. The number of ether oxygens (including phenoxy) is 1. The molecule has 3 rings (SSSR count). The number of benzene rings is 2. The number of ketones is 1. The third kappa shape index (κ3) is 2.67. The summed E-state index contributed by atoms with van der Waals surface area (Å²) in [6, 6.07) is 13.3. The Hall–Kier alpha value is -2.42. The Morgan fingerprint density at radius 2 is 1.74 bits per heavy atom. The normalized spacial score (nSPS) is 20.7. The smallest absolute Gasteiger partial charge is 0.322 e. The Labute approximate surface area is 136 Å². The van der Waals surface area contributed by atoms with Crippen molar-refractivity contribution in [3.8, 4) is 0 Å². The van der Waals surface area contributed by atoms with E-state index in [0.29, 0.717) is 0 Å². The number of rotatable bonds is 3. The summed E-state index contributed by atoms with van der Waals surface area (Å²) in [5.41, 5.74) is 4.72. The number of carbonyl (C=O) groups is 2. The van der Waals surface area contributed by atoms with Crippen LogP contribution in [0, 0.1) is 13.8 Å². The molecule has 0 radical (unpaired) electrons. The fourth-order valence-electron chi connectivity index (χ4n) is 3.40. The van der Waals surface area contributed by atoms with Gasteiger partial charge in [0.1, 0.15) is 5.92 Å². The summed E-state index contributed by atoms with van der Waals surface area (Å²) in [5, 5.41) is 0. The van der Waals surface area contributed by atoms with Crippen molar-refractivity contribution in [2.45, 2.75) is 39.2 Å². The van der Waals surface area contributed by atoms with Crippen LogP contribution < -0.4 is 0 Å². The van der Waals surface area contributed by atoms with Gasteiger partial charge in [-0.3, -0.25) is 9.59 Å². The molecule has 0 amide bonds. The molecule has 3 heteroatoms. The third-order valence-electron chi connectivity index (χ3n) is 4.40. The van der Waals surface area contributed by atoms with Gasteiger partial charge in [0.15, 0.2) is 11.9 Å². The summed E-state index contributed by atoms with van der Waals surface area (Å²) in [4.78, 5) is 25.3. The lowest BCUT2D eigenvalue weighted by Crippen LogP contribution is -2.18. The number of carbonyl (C=O) groups excluding carboxylic acids is 2. The van der Waals surface area contributed by atoms with Crippen LogP contribution in [0.2, 0.25) is 0 Å². The zero-order valence-corrected chi connectivity index (χ0v) is 13.6. The van der Waals surface area contributed by atoms with Gasteiger partial charge in [-0.25, -0.2) is 0 Å². The second-order valence-electron chi connectivity index (χ2n) is 6.07. The quantitative estimate of drug-likeness (QED) is 0.639. The minimum atomic E-state index is -0.809. The average molecular weight is 308 g/mol. The van der Waals surface area contributed by atoms with E-state index in [1.165, 1.54) is 0 Å². The summed E-state index contributed by atoms with van der Waals surface area (Å²) in [7, 11) is 0. The van der Waals surface area contributed by atoms with E-state index in [4.69, 9.17) is 4.74 Å². The predicted molar refractivity (Wildman–Crippen MR) is 88.3 cm³/mol. The van der Waals surface area contributed by atoms with Crippen molar-refractivity contribution >= 4 is 11.8 Å². The van der Waals surface area contributed by atoms with Crippen LogP contribution in [0.3, 0.4) is 0 Å². The molecule has 2 atom stereocenters. The number of hydrogen-bond donors (Lipinski definition) is 0. The molecule has 1 aliphatic rings. The maximum atomic E-state index is 12.9. The summed E-state index contributed by atoms with van der Waals surface area (Å²) in [6.45, 7) is 6.02. The lowest BCUT2D eigenvalue weighted by atomic mass is 9.84. The first-order chi connectivity index (χ1) is 11.0. The molecule has 118 valence electrons. The van der Waals surface area contributed by atoms with Gasteiger partial charge in [-0.1, -0.05) is 55.0 Å². The van der Waals surface area contributed by atoms with Crippen LogP contribution in [-0.4, -0.2) is 11.8 Å². The van der Waals surface area contributed by atoms with E-state index >= 15 is 0 Å². The standard InChI is InChI=1S/C20H20O3/c1-4-14-11-12(2)10-13(3)16(14)17-18(21)19(23-20(17)22)15-8-6-5-7-9-15/h5-11,17,19H,4H2,1-3H3. The van der Waals surface area contributed by atoms with Gasteiger partial charge in [0.05, 0.1) is 0 Å². The first kappa shape index (κ1) is 15.5. The molecule has 2 aromatic carbocycles. The first-order valence-corrected chi connectivity index (χ1v) is 7.92. The highest BCUT2D eigenvalue weighted by molar-refractivity contribution is 6.12. The molecule has 23 heavy (non-hydrogen) atoms. The van der Waals surface area contributed by atoms with Gasteiger partial charge in [0.25, 0.3) is 0 Å². The van der Waals surface area contributed by atoms with Crippen molar-refractivity contribution in [3.05, 3.63) is 70.3 Å². The summed E-state index contributed by atoms with van der Waals surface area (Å²) >= 11 is 0. The lowest BCUT2D eigenvalue weighted by Gasteiger charge is -2.15. The van der Waals surface area contributed by atoms with Crippen molar-refractivity contribution in [3.63, 3.8) is 0 Å². The molecular weight excluding hydrogens is 288 g/mol. The molecule has 0 aromatic heterocycles. The monoisotopic (exact) mass is 308 g/mol. The number of esters is 1.